The number of halogens is 1. The molecular weight excluding hydrogens is 338 g/mol. The van der Waals surface area contributed by atoms with Gasteiger partial charge in [-0.15, -0.1) is 0 Å². The third-order valence-corrected chi connectivity index (χ3v) is 4.58. The number of nitrogens with zero attached hydrogens (tertiary/aromatic N) is 1. The van der Waals surface area contributed by atoms with E-state index >= 15 is 0 Å². The summed E-state index contributed by atoms with van der Waals surface area (Å²) in [6.07, 6.45) is 0. The average molecular weight is 354 g/mol. The first-order chi connectivity index (χ1) is 10.7. The summed E-state index contributed by atoms with van der Waals surface area (Å²) in [6.45, 7) is 1.96. The summed E-state index contributed by atoms with van der Waals surface area (Å²) in [5.74, 6) is -0.477. The second kappa shape index (κ2) is 6.57. The van der Waals surface area contributed by atoms with Gasteiger partial charge in [0, 0.05) is 12.6 Å². The third-order valence-electron chi connectivity index (χ3n) is 3.19. The zero-order chi connectivity index (χ0) is 17.2. The Labute approximate surface area is 139 Å². The van der Waals surface area contributed by atoms with Crippen molar-refractivity contribution in [3.05, 3.63) is 58.6 Å². The molecule has 8 heteroatoms. The van der Waals surface area contributed by atoms with E-state index in [1.807, 2.05) is 31.2 Å². The molecule has 23 heavy (non-hydrogen) atoms. The summed E-state index contributed by atoms with van der Waals surface area (Å²) >= 11 is 5.80. The lowest BCUT2D eigenvalue weighted by Crippen LogP contribution is -2.39. The van der Waals surface area contributed by atoms with Crippen molar-refractivity contribution in [2.24, 2.45) is 5.14 Å². The Morgan fingerprint density at radius 1 is 1.17 bits per heavy atom. The summed E-state index contributed by atoms with van der Waals surface area (Å²) in [7, 11) is -2.32. The highest BCUT2D eigenvalue weighted by atomic mass is 35.5. The topological polar surface area (TPSA) is 92.5 Å². The van der Waals surface area contributed by atoms with E-state index in [2.05, 4.69) is 5.43 Å². The number of aryl methyl sites for hydroxylation is 1. The van der Waals surface area contributed by atoms with E-state index in [4.69, 9.17) is 16.7 Å². The van der Waals surface area contributed by atoms with Gasteiger partial charge in [0.05, 0.1) is 10.7 Å². The Kier molecular flexibility index (Phi) is 4.93. The first-order valence-electron chi connectivity index (χ1n) is 6.62. The summed E-state index contributed by atoms with van der Waals surface area (Å²) in [5.41, 5.74) is 4.67. The SMILES string of the molecule is Cc1ccc(N(C)NC(=O)c2ccc(Cl)c(S(N)(=O)=O)c2)cc1. The molecule has 1 amide bonds. The molecule has 6 nitrogen and oxygen atoms in total. The lowest BCUT2D eigenvalue weighted by atomic mass is 10.2. The number of hydrazine groups is 1. The van der Waals surface area contributed by atoms with E-state index in [0.717, 1.165) is 17.3 Å². The summed E-state index contributed by atoms with van der Waals surface area (Å²) < 4.78 is 22.9. The highest BCUT2D eigenvalue weighted by Gasteiger charge is 2.17. The number of rotatable bonds is 4. The minimum Gasteiger partial charge on any atom is -0.288 e. The van der Waals surface area contributed by atoms with Crippen molar-refractivity contribution in [1.29, 1.82) is 0 Å². The van der Waals surface area contributed by atoms with Gasteiger partial charge in [0.25, 0.3) is 5.91 Å². The van der Waals surface area contributed by atoms with E-state index in [-0.39, 0.29) is 15.5 Å². The maximum absolute atomic E-state index is 12.3. The standard InChI is InChI=1S/C15H16ClN3O3S/c1-10-3-6-12(7-4-10)19(2)18-15(20)11-5-8-13(16)14(9-11)23(17,21)22/h3-9H,1-2H3,(H,18,20)(H2,17,21,22). The molecule has 0 saturated carbocycles. The van der Waals surface area contributed by atoms with Crippen molar-refractivity contribution in [1.82, 2.24) is 5.43 Å². The Bertz CT molecular complexity index is 836. The van der Waals surface area contributed by atoms with Crippen LogP contribution >= 0.6 is 11.6 Å². The number of carbonyl (C=O) groups excluding carboxylic acids is 1. The molecule has 0 bridgehead atoms. The molecule has 0 aliphatic carbocycles. The zero-order valence-corrected chi connectivity index (χ0v) is 14.1. The zero-order valence-electron chi connectivity index (χ0n) is 12.6. The fourth-order valence-corrected chi connectivity index (χ4v) is 2.98. The molecule has 0 fully saturated rings. The predicted octanol–water partition coefficient (Wildman–Crippen LogP) is 2.08. The van der Waals surface area contributed by atoms with Crippen LogP contribution in [0, 0.1) is 6.92 Å². The van der Waals surface area contributed by atoms with Crippen LogP contribution in [-0.2, 0) is 10.0 Å². The molecule has 0 aromatic heterocycles. The van der Waals surface area contributed by atoms with Crippen LogP contribution in [0.1, 0.15) is 15.9 Å². The predicted molar refractivity (Wildman–Crippen MR) is 89.9 cm³/mol. The third kappa shape index (κ3) is 4.22. The van der Waals surface area contributed by atoms with Gasteiger partial charge in [-0.05, 0) is 37.3 Å². The molecule has 2 rings (SSSR count). The largest absolute Gasteiger partial charge is 0.288 e. The minimum absolute atomic E-state index is 0.0315. The second-order valence-electron chi connectivity index (χ2n) is 5.03. The van der Waals surface area contributed by atoms with Crippen LogP contribution in [0.15, 0.2) is 47.4 Å². The summed E-state index contributed by atoms with van der Waals surface area (Å²) in [6, 6.07) is 11.4. The van der Waals surface area contributed by atoms with Gasteiger partial charge in [0.2, 0.25) is 10.0 Å². The molecule has 2 aromatic rings. The molecule has 122 valence electrons. The van der Waals surface area contributed by atoms with Gasteiger partial charge in [-0.1, -0.05) is 29.3 Å². The number of amides is 1. The number of anilines is 1. The molecule has 0 unspecified atom stereocenters. The summed E-state index contributed by atoms with van der Waals surface area (Å²) in [4.78, 5) is 12.0. The maximum atomic E-state index is 12.3. The summed E-state index contributed by atoms with van der Waals surface area (Å²) in [5, 5.41) is 6.58. The Morgan fingerprint density at radius 2 is 1.78 bits per heavy atom. The molecule has 0 heterocycles. The quantitative estimate of drug-likeness (QED) is 0.823. The number of hydrogen-bond acceptors (Lipinski definition) is 4. The van der Waals surface area contributed by atoms with Crippen molar-refractivity contribution in [3.63, 3.8) is 0 Å². The van der Waals surface area contributed by atoms with Crippen molar-refractivity contribution < 1.29 is 13.2 Å². The van der Waals surface area contributed by atoms with E-state index < -0.39 is 15.9 Å². The number of primary sulfonamides is 1. The fraction of sp³-hybridized carbons (Fsp3) is 0.133. The van der Waals surface area contributed by atoms with Gasteiger partial charge < -0.3 is 0 Å². The number of carbonyl (C=O) groups is 1. The average Bonchev–Trinajstić information content (AvgIpc) is 2.47. The second-order valence-corrected chi connectivity index (χ2v) is 6.96. The van der Waals surface area contributed by atoms with E-state index in [1.165, 1.54) is 17.1 Å². The number of sulfonamides is 1. The molecule has 0 aliphatic rings. The monoisotopic (exact) mass is 353 g/mol. The Morgan fingerprint density at radius 3 is 2.35 bits per heavy atom. The molecule has 0 atom stereocenters. The smallest absolute Gasteiger partial charge is 0.269 e. The molecule has 0 saturated heterocycles. The van der Waals surface area contributed by atoms with Crippen molar-refractivity contribution in [2.75, 3.05) is 12.1 Å². The molecule has 0 spiro atoms. The van der Waals surface area contributed by atoms with Gasteiger partial charge in [-0.25, -0.2) is 13.6 Å². The highest BCUT2D eigenvalue weighted by molar-refractivity contribution is 7.89. The maximum Gasteiger partial charge on any atom is 0.269 e. The fourth-order valence-electron chi connectivity index (χ4n) is 1.91. The molecular formula is C15H16ClN3O3S. The van der Waals surface area contributed by atoms with Gasteiger partial charge >= 0.3 is 0 Å². The lowest BCUT2D eigenvalue weighted by Gasteiger charge is -2.20. The molecule has 2 aromatic carbocycles. The van der Waals surface area contributed by atoms with Gasteiger partial charge in [0.15, 0.2) is 0 Å². The highest BCUT2D eigenvalue weighted by Crippen LogP contribution is 2.21. The number of nitrogens with one attached hydrogen (secondary N) is 1. The molecule has 0 aliphatic heterocycles. The van der Waals surface area contributed by atoms with Crippen molar-refractivity contribution >= 4 is 33.2 Å². The molecule has 3 N–H and O–H groups in total. The van der Waals surface area contributed by atoms with Crippen LogP contribution in [0.4, 0.5) is 5.69 Å². The van der Waals surface area contributed by atoms with Crippen LogP contribution in [0.5, 0.6) is 0 Å². The van der Waals surface area contributed by atoms with E-state index in [1.54, 1.807) is 7.05 Å². The van der Waals surface area contributed by atoms with Crippen LogP contribution < -0.4 is 15.6 Å². The number of hydrogen-bond donors (Lipinski definition) is 2. The number of benzene rings is 2. The van der Waals surface area contributed by atoms with Crippen LogP contribution in [-0.4, -0.2) is 21.4 Å². The Hall–Kier alpha value is -2.09. The van der Waals surface area contributed by atoms with Crippen LogP contribution in [0.3, 0.4) is 0 Å². The van der Waals surface area contributed by atoms with Gasteiger partial charge in [-0.3, -0.25) is 15.2 Å². The number of nitrogens with two attached hydrogens (primary N) is 1. The lowest BCUT2D eigenvalue weighted by molar-refractivity contribution is 0.0951. The van der Waals surface area contributed by atoms with Crippen molar-refractivity contribution in [2.45, 2.75) is 11.8 Å². The normalized spacial score (nSPS) is 11.1. The Balaban J connectivity index is 2.22. The van der Waals surface area contributed by atoms with Crippen LogP contribution in [0.2, 0.25) is 5.02 Å². The first kappa shape index (κ1) is 17.3. The molecule has 0 radical (unpaired) electrons. The van der Waals surface area contributed by atoms with Crippen LogP contribution in [0.25, 0.3) is 0 Å². The van der Waals surface area contributed by atoms with Crippen molar-refractivity contribution in [3.8, 4) is 0 Å². The van der Waals surface area contributed by atoms with Gasteiger partial charge in [-0.2, -0.15) is 0 Å². The first-order valence-corrected chi connectivity index (χ1v) is 8.54. The van der Waals surface area contributed by atoms with Gasteiger partial charge in [0.1, 0.15) is 4.90 Å². The minimum atomic E-state index is -4.00. The van der Waals surface area contributed by atoms with E-state index in [9.17, 15) is 13.2 Å². The van der Waals surface area contributed by atoms with E-state index in [0.29, 0.717) is 0 Å².